The van der Waals surface area contributed by atoms with E-state index >= 15 is 0 Å². The first kappa shape index (κ1) is 20.3. The van der Waals surface area contributed by atoms with Crippen LogP contribution in [0.2, 0.25) is 0 Å². The van der Waals surface area contributed by atoms with Crippen molar-refractivity contribution in [3.63, 3.8) is 0 Å². The molecule has 1 amide bonds. The molecule has 32 heavy (non-hydrogen) atoms. The SMILES string of the molecule is COC(=O)[C@H]1N[C@@H](c2ccccc2)[C@@]2(C(=O)Nc3ccccc32)[C@@H]1c1ccc(OC)cc1. The summed E-state index contributed by atoms with van der Waals surface area (Å²) in [5.41, 5.74) is 2.40. The van der Waals surface area contributed by atoms with Gasteiger partial charge in [0.05, 0.1) is 20.3 Å². The Hall–Kier alpha value is -3.64. The Balaban J connectivity index is 1.79. The Morgan fingerprint density at radius 2 is 1.56 bits per heavy atom. The summed E-state index contributed by atoms with van der Waals surface area (Å²) in [5, 5.41) is 6.55. The number of esters is 1. The Kier molecular flexibility index (Phi) is 4.94. The van der Waals surface area contributed by atoms with Crippen molar-refractivity contribution in [2.75, 3.05) is 19.5 Å². The van der Waals surface area contributed by atoms with Gasteiger partial charge >= 0.3 is 5.97 Å². The number of methoxy groups -OCH3 is 2. The van der Waals surface area contributed by atoms with E-state index in [0.717, 1.165) is 22.4 Å². The summed E-state index contributed by atoms with van der Waals surface area (Å²) in [6.45, 7) is 0. The lowest BCUT2D eigenvalue weighted by Crippen LogP contribution is -2.44. The predicted molar refractivity (Wildman–Crippen MR) is 121 cm³/mol. The maximum Gasteiger partial charge on any atom is 0.323 e. The van der Waals surface area contributed by atoms with E-state index in [1.54, 1.807) is 7.11 Å². The lowest BCUT2D eigenvalue weighted by atomic mass is 9.63. The number of anilines is 1. The highest BCUT2D eigenvalue weighted by Gasteiger charge is 2.66. The first-order chi connectivity index (χ1) is 15.6. The Morgan fingerprint density at radius 3 is 2.25 bits per heavy atom. The fraction of sp³-hybridized carbons (Fsp3) is 0.231. The molecule has 0 aliphatic carbocycles. The summed E-state index contributed by atoms with van der Waals surface area (Å²) < 4.78 is 10.5. The summed E-state index contributed by atoms with van der Waals surface area (Å²) in [6.07, 6.45) is 0. The average molecular weight is 428 g/mol. The van der Waals surface area contributed by atoms with Crippen LogP contribution in [0.5, 0.6) is 5.75 Å². The van der Waals surface area contributed by atoms with Crippen LogP contribution in [-0.4, -0.2) is 32.1 Å². The van der Waals surface area contributed by atoms with Crippen LogP contribution in [0.3, 0.4) is 0 Å². The second-order valence-electron chi connectivity index (χ2n) is 8.13. The van der Waals surface area contributed by atoms with Crippen molar-refractivity contribution in [1.82, 2.24) is 5.32 Å². The van der Waals surface area contributed by atoms with Crippen LogP contribution < -0.4 is 15.4 Å². The van der Waals surface area contributed by atoms with E-state index < -0.39 is 29.4 Å². The number of nitrogens with one attached hydrogen (secondary N) is 2. The number of para-hydroxylation sites is 1. The molecule has 0 radical (unpaired) electrons. The van der Waals surface area contributed by atoms with Crippen molar-refractivity contribution in [3.8, 4) is 5.75 Å². The highest BCUT2D eigenvalue weighted by atomic mass is 16.5. The number of amides is 1. The van der Waals surface area contributed by atoms with Crippen LogP contribution in [0.4, 0.5) is 5.69 Å². The van der Waals surface area contributed by atoms with Gasteiger partial charge in [0.2, 0.25) is 5.91 Å². The quantitative estimate of drug-likeness (QED) is 0.622. The maximum absolute atomic E-state index is 13.9. The number of carbonyl (C=O) groups is 2. The van der Waals surface area contributed by atoms with Crippen molar-refractivity contribution in [1.29, 1.82) is 0 Å². The van der Waals surface area contributed by atoms with E-state index in [2.05, 4.69) is 10.6 Å². The summed E-state index contributed by atoms with van der Waals surface area (Å²) in [7, 11) is 2.98. The fourth-order valence-corrected chi connectivity index (χ4v) is 5.35. The molecule has 1 fully saturated rings. The lowest BCUT2D eigenvalue weighted by Gasteiger charge is -2.35. The first-order valence-corrected chi connectivity index (χ1v) is 10.5. The van der Waals surface area contributed by atoms with Crippen molar-refractivity contribution < 1.29 is 19.1 Å². The summed E-state index contributed by atoms with van der Waals surface area (Å²) in [5.74, 6) is -0.318. The minimum atomic E-state index is -1.04. The van der Waals surface area contributed by atoms with Gasteiger partial charge in [-0.25, -0.2) is 0 Å². The molecule has 1 saturated heterocycles. The van der Waals surface area contributed by atoms with Gasteiger partial charge in [-0.2, -0.15) is 0 Å². The number of hydrogen-bond donors (Lipinski definition) is 2. The van der Waals surface area contributed by atoms with Crippen LogP contribution in [0.25, 0.3) is 0 Å². The molecule has 2 N–H and O–H groups in total. The number of benzene rings is 3. The van der Waals surface area contributed by atoms with Gasteiger partial charge in [-0.05, 0) is 34.9 Å². The topological polar surface area (TPSA) is 76.7 Å². The normalized spacial score (nSPS) is 25.9. The summed E-state index contributed by atoms with van der Waals surface area (Å²) in [6, 6.07) is 23.9. The smallest absolute Gasteiger partial charge is 0.323 e. The highest BCUT2D eigenvalue weighted by molar-refractivity contribution is 6.09. The third-order valence-electron chi connectivity index (χ3n) is 6.69. The van der Waals surface area contributed by atoms with Gasteiger partial charge < -0.3 is 14.8 Å². The molecule has 2 aliphatic rings. The summed E-state index contributed by atoms with van der Waals surface area (Å²) in [4.78, 5) is 26.9. The second-order valence-corrected chi connectivity index (χ2v) is 8.13. The van der Waals surface area contributed by atoms with Crippen LogP contribution in [0, 0.1) is 0 Å². The standard InChI is InChI=1S/C26H24N2O4/c1-31-18-14-12-16(13-15-18)21-22(24(29)32-2)28-23(17-8-4-3-5-9-17)26(21)19-10-6-7-11-20(19)27-25(26)30/h3-15,21-23,28H,1-2H3,(H,27,30)/t21-,22+,23+,26+/m1/s1. The first-order valence-electron chi connectivity index (χ1n) is 10.5. The summed E-state index contributed by atoms with van der Waals surface area (Å²) >= 11 is 0. The maximum atomic E-state index is 13.9. The van der Waals surface area contributed by atoms with Gasteiger partial charge in [-0.15, -0.1) is 0 Å². The number of rotatable bonds is 4. The molecule has 2 aliphatic heterocycles. The van der Waals surface area contributed by atoms with Crippen molar-refractivity contribution in [3.05, 3.63) is 95.6 Å². The molecule has 0 unspecified atom stereocenters. The molecule has 4 atom stereocenters. The van der Waals surface area contributed by atoms with Crippen molar-refractivity contribution >= 4 is 17.6 Å². The lowest BCUT2D eigenvalue weighted by molar-refractivity contribution is -0.143. The number of carbonyl (C=O) groups excluding carboxylic acids is 2. The van der Waals surface area contributed by atoms with E-state index in [4.69, 9.17) is 9.47 Å². The molecule has 6 nitrogen and oxygen atoms in total. The monoisotopic (exact) mass is 428 g/mol. The second kappa shape index (κ2) is 7.80. The van der Waals surface area contributed by atoms with E-state index in [1.807, 2.05) is 78.9 Å². The number of fused-ring (bicyclic) bond motifs is 2. The average Bonchev–Trinajstić information content (AvgIpc) is 3.35. The molecule has 0 aromatic heterocycles. The van der Waals surface area contributed by atoms with Crippen LogP contribution >= 0.6 is 0 Å². The highest BCUT2D eigenvalue weighted by Crippen LogP contribution is 2.59. The zero-order chi connectivity index (χ0) is 22.3. The number of hydrogen-bond acceptors (Lipinski definition) is 5. The molecule has 3 aromatic rings. The third kappa shape index (κ3) is 2.83. The molecule has 5 rings (SSSR count). The zero-order valence-electron chi connectivity index (χ0n) is 17.9. The molecular formula is C26H24N2O4. The Bertz CT molecular complexity index is 1160. The van der Waals surface area contributed by atoms with Crippen molar-refractivity contribution in [2.24, 2.45) is 0 Å². The molecule has 0 saturated carbocycles. The minimum absolute atomic E-state index is 0.132. The van der Waals surface area contributed by atoms with Gasteiger partial charge in [0.25, 0.3) is 0 Å². The molecule has 6 heteroatoms. The molecular weight excluding hydrogens is 404 g/mol. The predicted octanol–water partition coefficient (Wildman–Crippen LogP) is 3.56. The molecule has 2 heterocycles. The zero-order valence-corrected chi connectivity index (χ0v) is 17.9. The minimum Gasteiger partial charge on any atom is -0.497 e. The van der Waals surface area contributed by atoms with Gasteiger partial charge in [-0.3, -0.25) is 14.9 Å². The van der Waals surface area contributed by atoms with Crippen LogP contribution in [0.1, 0.15) is 28.7 Å². The van der Waals surface area contributed by atoms with E-state index in [1.165, 1.54) is 7.11 Å². The van der Waals surface area contributed by atoms with Gasteiger partial charge in [0.1, 0.15) is 17.2 Å². The van der Waals surface area contributed by atoms with E-state index in [0.29, 0.717) is 5.75 Å². The van der Waals surface area contributed by atoms with E-state index in [-0.39, 0.29) is 5.91 Å². The molecule has 162 valence electrons. The third-order valence-corrected chi connectivity index (χ3v) is 6.69. The van der Waals surface area contributed by atoms with Crippen LogP contribution in [0.15, 0.2) is 78.9 Å². The molecule has 0 bridgehead atoms. The van der Waals surface area contributed by atoms with Gasteiger partial charge in [0.15, 0.2) is 0 Å². The fourth-order valence-electron chi connectivity index (χ4n) is 5.35. The van der Waals surface area contributed by atoms with Gasteiger partial charge in [-0.1, -0.05) is 60.7 Å². The van der Waals surface area contributed by atoms with Gasteiger partial charge in [0, 0.05) is 11.6 Å². The Morgan fingerprint density at radius 1 is 0.875 bits per heavy atom. The number of ether oxygens (including phenoxy) is 2. The largest absolute Gasteiger partial charge is 0.497 e. The Labute approximate surface area is 186 Å². The van der Waals surface area contributed by atoms with Crippen LogP contribution in [-0.2, 0) is 19.7 Å². The van der Waals surface area contributed by atoms with Crippen molar-refractivity contribution in [2.45, 2.75) is 23.4 Å². The molecule has 1 spiro atoms. The van der Waals surface area contributed by atoms with E-state index in [9.17, 15) is 9.59 Å². The molecule has 3 aromatic carbocycles.